The second-order valence-electron chi connectivity index (χ2n) is 3.84. The Kier molecular flexibility index (Phi) is 6.08. The average molecular weight is 332 g/mol. The molecule has 5 nitrogen and oxygen atoms in total. The molecule has 1 aromatic heterocycles. The number of carbonyl (C=O) groups excluding carboxylic acids is 2. The molecule has 0 aliphatic rings. The number of aryl methyl sites for hydroxylation is 1. The molecular formula is C13H18BrNO4. The van der Waals surface area contributed by atoms with Crippen LogP contribution >= 0.6 is 15.9 Å². The molecule has 0 amide bonds. The number of ether oxygens (including phenoxy) is 2. The van der Waals surface area contributed by atoms with Crippen molar-refractivity contribution in [2.24, 2.45) is 0 Å². The summed E-state index contributed by atoms with van der Waals surface area (Å²) in [5.74, 6) is -0.838. The van der Waals surface area contributed by atoms with E-state index in [2.05, 4.69) is 15.9 Å². The zero-order valence-corrected chi connectivity index (χ0v) is 12.9. The number of carbonyl (C=O) groups is 2. The quantitative estimate of drug-likeness (QED) is 0.593. The van der Waals surface area contributed by atoms with Gasteiger partial charge in [0.25, 0.3) is 0 Å². The Labute approximate surface area is 121 Å². The van der Waals surface area contributed by atoms with Crippen molar-refractivity contribution in [3.8, 4) is 0 Å². The van der Waals surface area contributed by atoms with Gasteiger partial charge >= 0.3 is 11.9 Å². The summed E-state index contributed by atoms with van der Waals surface area (Å²) in [6.07, 6.45) is 1.64. The number of hydrogen-bond acceptors (Lipinski definition) is 4. The van der Waals surface area contributed by atoms with Crippen molar-refractivity contribution in [1.82, 2.24) is 4.57 Å². The minimum absolute atomic E-state index is 0.298. The highest BCUT2D eigenvalue weighted by atomic mass is 79.9. The Morgan fingerprint density at radius 3 is 2.32 bits per heavy atom. The van der Waals surface area contributed by atoms with Crippen LogP contribution in [0.1, 0.15) is 40.3 Å². The Balaban J connectivity index is 3.19. The summed E-state index contributed by atoms with van der Waals surface area (Å²) in [4.78, 5) is 23.8. The SMILES string of the molecule is CCOC(=O)c1cn(CCBr)c(C(=O)OCC)c1C. The van der Waals surface area contributed by atoms with E-state index in [-0.39, 0.29) is 0 Å². The number of aromatic nitrogens is 1. The summed E-state index contributed by atoms with van der Waals surface area (Å²) in [7, 11) is 0. The molecule has 6 heteroatoms. The van der Waals surface area contributed by atoms with E-state index < -0.39 is 11.9 Å². The lowest BCUT2D eigenvalue weighted by molar-refractivity contribution is 0.0512. The van der Waals surface area contributed by atoms with Crippen LogP contribution in [0.2, 0.25) is 0 Å². The zero-order chi connectivity index (χ0) is 14.4. The van der Waals surface area contributed by atoms with Crippen LogP contribution in [0.25, 0.3) is 0 Å². The molecule has 0 aromatic carbocycles. The van der Waals surface area contributed by atoms with Gasteiger partial charge in [0.1, 0.15) is 5.69 Å². The van der Waals surface area contributed by atoms with Crippen LogP contribution in [0.4, 0.5) is 0 Å². The molecule has 0 fully saturated rings. The normalized spacial score (nSPS) is 10.3. The zero-order valence-electron chi connectivity index (χ0n) is 11.4. The minimum Gasteiger partial charge on any atom is -0.462 e. The van der Waals surface area contributed by atoms with Gasteiger partial charge in [0.15, 0.2) is 0 Å². The highest BCUT2D eigenvalue weighted by molar-refractivity contribution is 9.09. The molecule has 0 N–H and O–H groups in total. The third-order valence-electron chi connectivity index (χ3n) is 2.62. The first kappa shape index (κ1) is 15.8. The largest absolute Gasteiger partial charge is 0.462 e. The Bertz CT molecular complexity index is 467. The van der Waals surface area contributed by atoms with Crippen molar-refractivity contribution in [2.45, 2.75) is 27.3 Å². The number of rotatable bonds is 6. The Morgan fingerprint density at radius 1 is 1.21 bits per heavy atom. The molecule has 0 radical (unpaired) electrons. The first-order valence-corrected chi connectivity index (χ1v) is 7.28. The molecule has 0 aliphatic heterocycles. The van der Waals surface area contributed by atoms with Crippen LogP contribution in [-0.4, -0.2) is 35.0 Å². The second-order valence-corrected chi connectivity index (χ2v) is 4.63. The number of nitrogens with zero attached hydrogens (tertiary/aromatic N) is 1. The molecular weight excluding hydrogens is 314 g/mol. The first-order chi connectivity index (χ1) is 9.06. The fourth-order valence-electron chi connectivity index (χ4n) is 1.81. The molecule has 0 aliphatic carbocycles. The van der Waals surface area contributed by atoms with Crippen LogP contribution in [0.15, 0.2) is 6.20 Å². The van der Waals surface area contributed by atoms with Crippen LogP contribution < -0.4 is 0 Å². The standard InChI is InChI=1S/C13H18BrNO4/c1-4-18-12(16)10-8-15(7-6-14)11(9(10)3)13(17)19-5-2/h8H,4-7H2,1-3H3. The van der Waals surface area contributed by atoms with Crippen molar-refractivity contribution in [1.29, 1.82) is 0 Å². The molecule has 0 saturated carbocycles. The molecule has 1 heterocycles. The van der Waals surface area contributed by atoms with Crippen LogP contribution in [0.5, 0.6) is 0 Å². The van der Waals surface area contributed by atoms with Crippen molar-refractivity contribution in [3.05, 3.63) is 23.0 Å². The van der Waals surface area contributed by atoms with Crippen molar-refractivity contribution >= 4 is 27.9 Å². The van der Waals surface area contributed by atoms with E-state index in [9.17, 15) is 9.59 Å². The lowest BCUT2D eigenvalue weighted by Gasteiger charge is -2.07. The fraction of sp³-hybridized carbons (Fsp3) is 0.538. The number of hydrogen-bond donors (Lipinski definition) is 0. The first-order valence-electron chi connectivity index (χ1n) is 6.16. The molecule has 0 atom stereocenters. The van der Waals surface area contributed by atoms with E-state index in [0.29, 0.717) is 41.9 Å². The van der Waals surface area contributed by atoms with Gasteiger partial charge in [0.05, 0.1) is 18.8 Å². The van der Waals surface area contributed by atoms with Crippen molar-refractivity contribution < 1.29 is 19.1 Å². The van der Waals surface area contributed by atoms with Crippen molar-refractivity contribution in [3.63, 3.8) is 0 Å². The van der Waals surface area contributed by atoms with Gasteiger partial charge in [0.2, 0.25) is 0 Å². The lowest BCUT2D eigenvalue weighted by atomic mass is 10.1. The third kappa shape index (κ3) is 3.59. The summed E-state index contributed by atoms with van der Waals surface area (Å²) >= 11 is 3.32. The van der Waals surface area contributed by atoms with Gasteiger partial charge in [-0.25, -0.2) is 9.59 Å². The van der Waals surface area contributed by atoms with Crippen LogP contribution in [0, 0.1) is 6.92 Å². The molecule has 19 heavy (non-hydrogen) atoms. The molecule has 1 aromatic rings. The highest BCUT2D eigenvalue weighted by Crippen LogP contribution is 2.19. The maximum Gasteiger partial charge on any atom is 0.355 e. The Morgan fingerprint density at radius 2 is 1.79 bits per heavy atom. The lowest BCUT2D eigenvalue weighted by Crippen LogP contribution is -2.13. The molecule has 106 valence electrons. The van der Waals surface area contributed by atoms with E-state index in [1.807, 2.05) is 0 Å². The molecule has 0 bridgehead atoms. The molecule has 0 unspecified atom stereocenters. The Hall–Kier alpha value is -1.30. The van der Waals surface area contributed by atoms with Gasteiger partial charge in [-0.3, -0.25) is 0 Å². The molecule has 0 saturated heterocycles. The van der Waals surface area contributed by atoms with Gasteiger partial charge in [-0.1, -0.05) is 15.9 Å². The maximum atomic E-state index is 11.9. The molecule has 0 spiro atoms. The topological polar surface area (TPSA) is 57.5 Å². The summed E-state index contributed by atoms with van der Waals surface area (Å²) in [6, 6.07) is 0. The van der Waals surface area contributed by atoms with Crippen LogP contribution in [0.3, 0.4) is 0 Å². The average Bonchev–Trinajstić information content (AvgIpc) is 2.67. The van der Waals surface area contributed by atoms with Gasteiger partial charge in [0, 0.05) is 18.1 Å². The van der Waals surface area contributed by atoms with E-state index in [1.165, 1.54) is 0 Å². The predicted molar refractivity (Wildman–Crippen MR) is 74.9 cm³/mol. The monoisotopic (exact) mass is 331 g/mol. The smallest absolute Gasteiger partial charge is 0.355 e. The van der Waals surface area contributed by atoms with E-state index in [1.54, 1.807) is 31.5 Å². The third-order valence-corrected chi connectivity index (χ3v) is 2.98. The fourth-order valence-corrected chi connectivity index (χ4v) is 2.19. The number of esters is 2. The van der Waals surface area contributed by atoms with Crippen LogP contribution in [-0.2, 0) is 16.0 Å². The summed E-state index contributed by atoms with van der Waals surface area (Å²) < 4.78 is 11.7. The highest BCUT2D eigenvalue weighted by Gasteiger charge is 2.23. The summed E-state index contributed by atoms with van der Waals surface area (Å²) in [5, 5.41) is 0.676. The van der Waals surface area contributed by atoms with E-state index in [0.717, 1.165) is 0 Å². The number of alkyl halides is 1. The van der Waals surface area contributed by atoms with Gasteiger partial charge in [-0.05, 0) is 26.3 Å². The maximum absolute atomic E-state index is 11.9. The van der Waals surface area contributed by atoms with E-state index in [4.69, 9.17) is 9.47 Å². The summed E-state index contributed by atoms with van der Waals surface area (Å²) in [6.45, 7) is 6.40. The minimum atomic E-state index is -0.420. The second kappa shape index (κ2) is 7.33. The van der Waals surface area contributed by atoms with Crippen molar-refractivity contribution in [2.75, 3.05) is 18.5 Å². The number of halogens is 1. The van der Waals surface area contributed by atoms with E-state index >= 15 is 0 Å². The predicted octanol–water partition coefficient (Wildman–Crippen LogP) is 2.54. The van der Waals surface area contributed by atoms with Gasteiger partial charge in [-0.15, -0.1) is 0 Å². The van der Waals surface area contributed by atoms with Gasteiger partial charge in [-0.2, -0.15) is 0 Å². The summed E-state index contributed by atoms with van der Waals surface area (Å²) in [5.41, 5.74) is 1.41. The van der Waals surface area contributed by atoms with Gasteiger partial charge < -0.3 is 14.0 Å². The molecule has 1 rings (SSSR count).